The smallest absolute Gasteiger partial charge is 0.136 e. The van der Waals surface area contributed by atoms with Crippen LogP contribution in [0.25, 0.3) is 0 Å². The van der Waals surface area contributed by atoms with Gasteiger partial charge in [0.05, 0.1) is 6.04 Å². The highest BCUT2D eigenvalue weighted by atomic mass is 79.9. The van der Waals surface area contributed by atoms with Crippen LogP contribution in [0.1, 0.15) is 44.9 Å². The van der Waals surface area contributed by atoms with Crippen molar-refractivity contribution in [1.82, 2.24) is 4.72 Å². The molecule has 2 nitrogen and oxygen atoms in total. The quantitative estimate of drug-likeness (QED) is 0.859. The largest absolute Gasteiger partial charge is 0.598 e. The number of benzene rings is 1. The van der Waals surface area contributed by atoms with Crippen LogP contribution in [0.2, 0.25) is 0 Å². The lowest BCUT2D eigenvalue weighted by atomic mass is 10.1. The Morgan fingerprint density at radius 1 is 1.35 bits per heavy atom. The van der Waals surface area contributed by atoms with Gasteiger partial charge in [0.1, 0.15) is 4.75 Å². The van der Waals surface area contributed by atoms with E-state index >= 15 is 0 Å². The molecule has 4 heteroatoms. The molecule has 1 N–H and O–H groups in total. The maximum Gasteiger partial charge on any atom is 0.136 e. The van der Waals surface area contributed by atoms with Gasteiger partial charge in [0.25, 0.3) is 0 Å². The van der Waals surface area contributed by atoms with Gasteiger partial charge in [-0.05, 0) is 51.8 Å². The molecule has 0 saturated carbocycles. The molecular formula is C13H20BrNOS. The molecule has 2 atom stereocenters. The standard InChI is InChI=1S/C13H20BrNOS/c1-9-6-7-11(8-12(9)14)10(2)15-17(16)13(3,4)5/h6-8,10,15H,1-5H3/t10-,17?/m0/s1. The first kappa shape index (κ1) is 15.0. The van der Waals surface area contributed by atoms with Crippen LogP contribution in [0.15, 0.2) is 22.7 Å². The topological polar surface area (TPSA) is 35.1 Å². The Hall–Kier alpha value is -0.0300. The molecule has 0 bridgehead atoms. The average Bonchev–Trinajstić information content (AvgIpc) is 2.20. The van der Waals surface area contributed by atoms with Crippen LogP contribution in [0.3, 0.4) is 0 Å². The third kappa shape index (κ3) is 4.28. The van der Waals surface area contributed by atoms with Gasteiger partial charge >= 0.3 is 0 Å². The van der Waals surface area contributed by atoms with Crippen molar-refractivity contribution in [2.24, 2.45) is 0 Å². The minimum absolute atomic E-state index is 0.0759. The zero-order valence-corrected chi connectivity index (χ0v) is 13.4. The van der Waals surface area contributed by atoms with E-state index in [1.165, 1.54) is 5.56 Å². The van der Waals surface area contributed by atoms with E-state index in [1.807, 2.05) is 27.7 Å². The Morgan fingerprint density at radius 3 is 2.41 bits per heavy atom. The van der Waals surface area contributed by atoms with Crippen molar-refractivity contribution < 1.29 is 4.55 Å². The zero-order valence-electron chi connectivity index (χ0n) is 11.0. The van der Waals surface area contributed by atoms with E-state index in [2.05, 4.69) is 45.8 Å². The number of hydrogen-bond acceptors (Lipinski definition) is 2. The fourth-order valence-corrected chi connectivity index (χ4v) is 2.49. The van der Waals surface area contributed by atoms with E-state index in [-0.39, 0.29) is 10.8 Å². The number of halogens is 1. The minimum Gasteiger partial charge on any atom is -0.598 e. The van der Waals surface area contributed by atoms with Gasteiger partial charge in [0, 0.05) is 15.8 Å². The molecule has 0 amide bonds. The Bertz CT molecular complexity index is 389. The lowest BCUT2D eigenvalue weighted by Crippen LogP contribution is -2.40. The molecule has 1 aromatic carbocycles. The van der Waals surface area contributed by atoms with Crippen molar-refractivity contribution in [2.75, 3.05) is 0 Å². The van der Waals surface area contributed by atoms with Gasteiger partial charge < -0.3 is 4.55 Å². The first-order valence-electron chi connectivity index (χ1n) is 5.66. The zero-order chi connectivity index (χ0) is 13.2. The Kier molecular flexibility index (Phi) is 5.07. The summed E-state index contributed by atoms with van der Waals surface area (Å²) in [6.07, 6.45) is 0. The molecule has 0 spiro atoms. The van der Waals surface area contributed by atoms with Gasteiger partial charge in [-0.2, -0.15) is 0 Å². The van der Waals surface area contributed by atoms with Gasteiger partial charge in [-0.25, -0.2) is 0 Å². The third-order valence-electron chi connectivity index (χ3n) is 2.54. The summed E-state index contributed by atoms with van der Waals surface area (Å²) in [5.41, 5.74) is 2.35. The second kappa shape index (κ2) is 5.74. The van der Waals surface area contributed by atoms with E-state index in [1.54, 1.807) is 0 Å². The monoisotopic (exact) mass is 317 g/mol. The molecule has 0 radical (unpaired) electrons. The summed E-state index contributed by atoms with van der Waals surface area (Å²) >= 11 is 2.47. The average molecular weight is 318 g/mol. The summed E-state index contributed by atoms with van der Waals surface area (Å²) in [6, 6.07) is 6.29. The second-order valence-corrected chi connectivity index (χ2v) is 8.08. The van der Waals surface area contributed by atoms with Crippen LogP contribution in [0.4, 0.5) is 0 Å². The van der Waals surface area contributed by atoms with Crippen LogP contribution in [-0.2, 0) is 11.4 Å². The van der Waals surface area contributed by atoms with Crippen molar-refractivity contribution in [3.8, 4) is 0 Å². The molecule has 1 aromatic rings. The molecule has 0 aliphatic rings. The highest BCUT2D eigenvalue weighted by molar-refractivity contribution is 9.10. The SMILES string of the molecule is Cc1ccc([C@H](C)N[S+]([O-])C(C)(C)C)cc1Br. The summed E-state index contributed by atoms with van der Waals surface area (Å²) in [4.78, 5) is 0. The molecule has 0 heterocycles. The summed E-state index contributed by atoms with van der Waals surface area (Å²) in [7, 11) is 0. The van der Waals surface area contributed by atoms with E-state index in [9.17, 15) is 4.55 Å². The maximum atomic E-state index is 12.0. The molecule has 17 heavy (non-hydrogen) atoms. The van der Waals surface area contributed by atoms with Gasteiger partial charge in [0.2, 0.25) is 0 Å². The van der Waals surface area contributed by atoms with Gasteiger partial charge in [-0.3, -0.25) is 0 Å². The molecule has 0 aromatic heterocycles. The summed E-state index contributed by atoms with van der Waals surface area (Å²) in [6.45, 7) is 9.98. The van der Waals surface area contributed by atoms with Gasteiger partial charge in [0.15, 0.2) is 0 Å². The van der Waals surface area contributed by atoms with Crippen LogP contribution in [-0.4, -0.2) is 9.30 Å². The number of rotatable bonds is 3. The number of aryl methyl sites for hydroxylation is 1. The first-order chi connectivity index (χ1) is 7.71. The maximum absolute atomic E-state index is 12.0. The number of nitrogens with one attached hydrogen (secondary N) is 1. The van der Waals surface area contributed by atoms with Gasteiger partial charge in [-0.15, -0.1) is 4.72 Å². The van der Waals surface area contributed by atoms with Crippen LogP contribution >= 0.6 is 15.9 Å². The fourth-order valence-electron chi connectivity index (χ4n) is 1.28. The normalized spacial score (nSPS) is 15.7. The lowest BCUT2D eigenvalue weighted by Gasteiger charge is -2.26. The van der Waals surface area contributed by atoms with Gasteiger partial charge in [-0.1, -0.05) is 28.1 Å². The van der Waals surface area contributed by atoms with Crippen molar-refractivity contribution in [2.45, 2.75) is 45.4 Å². The van der Waals surface area contributed by atoms with E-state index in [4.69, 9.17) is 0 Å². The molecule has 96 valence electrons. The van der Waals surface area contributed by atoms with Crippen molar-refractivity contribution in [1.29, 1.82) is 0 Å². The van der Waals surface area contributed by atoms with Crippen molar-refractivity contribution in [3.63, 3.8) is 0 Å². The van der Waals surface area contributed by atoms with Crippen molar-refractivity contribution in [3.05, 3.63) is 33.8 Å². The lowest BCUT2D eigenvalue weighted by molar-refractivity contribution is 0.531. The van der Waals surface area contributed by atoms with Crippen LogP contribution in [0.5, 0.6) is 0 Å². The van der Waals surface area contributed by atoms with E-state index in [0.717, 1.165) is 10.0 Å². The Balaban J connectivity index is 2.76. The predicted octanol–water partition coefficient (Wildman–Crippen LogP) is 3.87. The third-order valence-corrected chi connectivity index (χ3v) is 5.07. The molecule has 0 aliphatic heterocycles. The Labute approximate surface area is 116 Å². The molecule has 0 fully saturated rings. The number of hydrogen-bond donors (Lipinski definition) is 1. The highest BCUT2D eigenvalue weighted by Crippen LogP contribution is 2.24. The molecule has 1 unspecified atom stereocenters. The molecule has 1 rings (SSSR count). The first-order valence-corrected chi connectivity index (χ1v) is 7.60. The summed E-state index contributed by atoms with van der Waals surface area (Å²) in [5, 5.41) is 0. The fraction of sp³-hybridized carbons (Fsp3) is 0.538. The van der Waals surface area contributed by atoms with Crippen molar-refractivity contribution >= 4 is 27.3 Å². The van der Waals surface area contributed by atoms with Crippen LogP contribution in [0, 0.1) is 6.92 Å². The second-order valence-electron chi connectivity index (χ2n) is 5.23. The molecular weight excluding hydrogens is 298 g/mol. The summed E-state index contributed by atoms with van der Waals surface area (Å²) in [5.74, 6) is 0. The highest BCUT2D eigenvalue weighted by Gasteiger charge is 2.28. The van der Waals surface area contributed by atoms with E-state index in [0.29, 0.717) is 0 Å². The Morgan fingerprint density at radius 2 is 1.94 bits per heavy atom. The molecule has 0 saturated heterocycles. The predicted molar refractivity (Wildman–Crippen MR) is 78.3 cm³/mol. The van der Waals surface area contributed by atoms with Crippen LogP contribution < -0.4 is 4.72 Å². The minimum atomic E-state index is -1.05. The summed E-state index contributed by atoms with van der Waals surface area (Å²) < 4.78 is 16.0. The van der Waals surface area contributed by atoms with E-state index < -0.39 is 11.4 Å². The molecule has 0 aliphatic carbocycles.